The fraction of sp³-hybridized carbons (Fsp3) is 0. The van der Waals surface area contributed by atoms with Gasteiger partial charge in [0.05, 0.1) is 5.69 Å². The van der Waals surface area contributed by atoms with Crippen molar-refractivity contribution in [2.45, 2.75) is 0 Å². The highest BCUT2D eigenvalue weighted by molar-refractivity contribution is 7.17. The van der Waals surface area contributed by atoms with E-state index in [2.05, 4.69) is 4.98 Å². The Morgan fingerprint density at radius 2 is 2.29 bits per heavy atom. The molecule has 72 valence electrons. The number of rotatable bonds is 1. The van der Waals surface area contributed by atoms with E-state index in [-0.39, 0.29) is 5.56 Å². The average Bonchev–Trinajstić information content (AvgIpc) is 2.46. The second kappa shape index (κ2) is 2.85. The Balaban J connectivity index is 2.87. The molecule has 0 saturated carbocycles. The molecular formula is C8H6N2O3S. The molecule has 6 heteroatoms. The molecule has 0 aliphatic carbocycles. The number of nitrogens with two attached hydrogens (primary N) is 1. The lowest BCUT2D eigenvalue weighted by Gasteiger charge is -1.94. The van der Waals surface area contributed by atoms with E-state index in [1.807, 2.05) is 0 Å². The van der Waals surface area contributed by atoms with Crippen LogP contribution >= 0.6 is 11.3 Å². The molecule has 5 nitrogen and oxygen atoms in total. The Hall–Kier alpha value is -1.82. The maximum absolute atomic E-state index is 11.2. The lowest BCUT2D eigenvalue weighted by Crippen LogP contribution is -2.16. The van der Waals surface area contributed by atoms with Gasteiger partial charge in [-0.15, -0.1) is 11.3 Å². The minimum atomic E-state index is -1.25. The summed E-state index contributed by atoms with van der Waals surface area (Å²) >= 11 is 1.28. The van der Waals surface area contributed by atoms with Crippen LogP contribution in [0.1, 0.15) is 10.4 Å². The van der Waals surface area contributed by atoms with Gasteiger partial charge in [-0.25, -0.2) is 4.79 Å². The summed E-state index contributed by atoms with van der Waals surface area (Å²) in [4.78, 5) is 24.9. The van der Waals surface area contributed by atoms with Gasteiger partial charge in [-0.1, -0.05) is 0 Å². The van der Waals surface area contributed by atoms with E-state index in [9.17, 15) is 9.59 Å². The van der Waals surface area contributed by atoms with Gasteiger partial charge >= 0.3 is 5.97 Å². The summed E-state index contributed by atoms with van der Waals surface area (Å²) in [5.41, 5.74) is 5.17. The maximum atomic E-state index is 11.2. The van der Waals surface area contributed by atoms with Crippen molar-refractivity contribution in [3.63, 3.8) is 0 Å². The number of hydrogen-bond donors (Lipinski definition) is 3. The minimum absolute atomic E-state index is 0.289. The number of H-pyrrole nitrogens is 1. The van der Waals surface area contributed by atoms with E-state index in [1.54, 1.807) is 5.38 Å². The molecule has 2 heterocycles. The molecule has 0 saturated heterocycles. The van der Waals surface area contributed by atoms with Crippen LogP contribution in [-0.4, -0.2) is 16.1 Å². The Kier molecular flexibility index (Phi) is 1.78. The van der Waals surface area contributed by atoms with E-state index in [1.165, 1.54) is 17.4 Å². The van der Waals surface area contributed by atoms with Crippen molar-refractivity contribution in [2.24, 2.45) is 0 Å². The van der Waals surface area contributed by atoms with Crippen molar-refractivity contribution >= 4 is 33.2 Å². The first-order chi connectivity index (χ1) is 6.59. The van der Waals surface area contributed by atoms with Gasteiger partial charge in [0.15, 0.2) is 0 Å². The third-order valence-electron chi connectivity index (χ3n) is 1.85. The third-order valence-corrected chi connectivity index (χ3v) is 2.78. The molecule has 0 unspecified atom stereocenters. The standard InChI is InChI=1S/C8H6N2O3S/c9-5-2-14-7-3(5)1-4(8(12)13)6(11)10-7/h1-2H,9H2,(H,10,11)(H,12,13). The number of anilines is 1. The van der Waals surface area contributed by atoms with Gasteiger partial charge in [0.1, 0.15) is 10.4 Å². The van der Waals surface area contributed by atoms with Crippen LogP contribution in [0, 0.1) is 0 Å². The van der Waals surface area contributed by atoms with Crippen LogP contribution in [0.4, 0.5) is 5.69 Å². The maximum Gasteiger partial charge on any atom is 0.341 e. The average molecular weight is 210 g/mol. The summed E-state index contributed by atoms with van der Waals surface area (Å²) in [6.07, 6.45) is 0. The number of fused-ring (bicyclic) bond motifs is 1. The van der Waals surface area contributed by atoms with Crippen LogP contribution in [0.5, 0.6) is 0 Å². The zero-order chi connectivity index (χ0) is 10.3. The first-order valence-corrected chi connectivity index (χ1v) is 4.61. The molecule has 0 radical (unpaired) electrons. The molecule has 2 aromatic rings. The van der Waals surface area contributed by atoms with Crippen LogP contribution < -0.4 is 11.3 Å². The highest BCUT2D eigenvalue weighted by atomic mass is 32.1. The number of hydrogen-bond acceptors (Lipinski definition) is 4. The quantitative estimate of drug-likeness (QED) is 0.650. The van der Waals surface area contributed by atoms with Gasteiger partial charge in [-0.2, -0.15) is 0 Å². The van der Waals surface area contributed by atoms with Crippen molar-refractivity contribution in [3.8, 4) is 0 Å². The van der Waals surface area contributed by atoms with E-state index >= 15 is 0 Å². The van der Waals surface area contributed by atoms with Gasteiger partial charge in [0.25, 0.3) is 5.56 Å². The number of carboxylic acid groups (broad SMARTS) is 1. The predicted octanol–water partition coefficient (Wildman–Crippen LogP) is 0.870. The van der Waals surface area contributed by atoms with Crippen LogP contribution in [0.15, 0.2) is 16.2 Å². The molecular weight excluding hydrogens is 204 g/mol. The Bertz CT molecular complexity index is 569. The fourth-order valence-corrected chi connectivity index (χ4v) is 1.99. The highest BCUT2D eigenvalue weighted by Crippen LogP contribution is 2.25. The second-order valence-electron chi connectivity index (χ2n) is 2.75. The number of carboxylic acids is 1. The SMILES string of the molecule is Nc1csc2[nH]c(=O)c(C(=O)O)cc12. The van der Waals surface area contributed by atoms with Crippen LogP contribution in [-0.2, 0) is 0 Å². The molecule has 0 amide bonds. The molecule has 0 bridgehead atoms. The van der Waals surface area contributed by atoms with Gasteiger partial charge in [0.2, 0.25) is 0 Å². The molecule has 4 N–H and O–H groups in total. The van der Waals surface area contributed by atoms with Crippen molar-refractivity contribution < 1.29 is 9.90 Å². The van der Waals surface area contributed by atoms with E-state index < -0.39 is 11.5 Å². The summed E-state index contributed by atoms with van der Waals surface area (Å²) in [5.74, 6) is -1.25. The van der Waals surface area contributed by atoms with Gasteiger partial charge < -0.3 is 15.8 Å². The molecule has 14 heavy (non-hydrogen) atoms. The number of pyridine rings is 1. The van der Waals surface area contributed by atoms with Crippen LogP contribution in [0.3, 0.4) is 0 Å². The highest BCUT2D eigenvalue weighted by Gasteiger charge is 2.11. The molecule has 2 aromatic heterocycles. The zero-order valence-electron chi connectivity index (χ0n) is 6.90. The lowest BCUT2D eigenvalue weighted by molar-refractivity contribution is 0.0695. The molecule has 0 aliphatic heterocycles. The van der Waals surface area contributed by atoms with Crippen molar-refractivity contribution in [1.82, 2.24) is 4.98 Å². The number of aromatic nitrogens is 1. The van der Waals surface area contributed by atoms with Gasteiger partial charge in [-0.3, -0.25) is 4.79 Å². The third kappa shape index (κ3) is 1.16. The Morgan fingerprint density at radius 1 is 1.57 bits per heavy atom. The molecule has 0 aliphatic rings. The number of aromatic carboxylic acids is 1. The summed E-state index contributed by atoms with van der Waals surface area (Å²) in [6.45, 7) is 0. The molecule has 2 rings (SSSR count). The minimum Gasteiger partial charge on any atom is -0.477 e. The summed E-state index contributed by atoms with van der Waals surface area (Å²) in [6, 6.07) is 1.29. The zero-order valence-corrected chi connectivity index (χ0v) is 7.72. The van der Waals surface area contributed by atoms with Crippen molar-refractivity contribution in [1.29, 1.82) is 0 Å². The van der Waals surface area contributed by atoms with E-state index in [4.69, 9.17) is 10.8 Å². The number of nitrogen functional groups attached to an aromatic ring is 1. The molecule has 0 aromatic carbocycles. The summed E-state index contributed by atoms with van der Waals surface area (Å²) in [7, 11) is 0. The summed E-state index contributed by atoms with van der Waals surface area (Å²) < 4.78 is 0. The Labute approximate surface area is 81.8 Å². The number of carbonyl (C=O) groups is 1. The monoisotopic (exact) mass is 210 g/mol. The van der Waals surface area contributed by atoms with Gasteiger partial charge in [0, 0.05) is 10.8 Å². The first kappa shape index (κ1) is 8.76. The number of thiophene rings is 1. The number of nitrogens with one attached hydrogen (secondary N) is 1. The Morgan fingerprint density at radius 3 is 2.93 bits per heavy atom. The topological polar surface area (TPSA) is 96.2 Å². The largest absolute Gasteiger partial charge is 0.477 e. The molecule has 0 atom stereocenters. The van der Waals surface area contributed by atoms with Crippen LogP contribution in [0.2, 0.25) is 0 Å². The second-order valence-corrected chi connectivity index (χ2v) is 3.63. The normalized spacial score (nSPS) is 10.6. The van der Waals surface area contributed by atoms with E-state index in [0.717, 1.165) is 0 Å². The fourth-order valence-electron chi connectivity index (χ4n) is 1.17. The van der Waals surface area contributed by atoms with Crippen LogP contribution in [0.25, 0.3) is 10.2 Å². The first-order valence-electron chi connectivity index (χ1n) is 3.73. The molecule has 0 spiro atoms. The van der Waals surface area contributed by atoms with Gasteiger partial charge in [-0.05, 0) is 6.07 Å². The van der Waals surface area contributed by atoms with Crippen molar-refractivity contribution in [3.05, 3.63) is 27.4 Å². The van der Waals surface area contributed by atoms with Crippen molar-refractivity contribution in [2.75, 3.05) is 5.73 Å². The molecule has 0 fully saturated rings. The predicted molar refractivity (Wildman–Crippen MR) is 53.8 cm³/mol. The number of aromatic amines is 1. The smallest absolute Gasteiger partial charge is 0.341 e. The van der Waals surface area contributed by atoms with E-state index in [0.29, 0.717) is 15.9 Å². The summed E-state index contributed by atoms with van der Waals surface area (Å²) in [5, 5.41) is 10.9. The lowest BCUT2D eigenvalue weighted by atomic mass is 10.2.